The van der Waals surface area contributed by atoms with E-state index in [1.807, 2.05) is 43.3 Å². The van der Waals surface area contributed by atoms with Gasteiger partial charge in [-0.15, -0.1) is 0 Å². The second-order valence-corrected chi connectivity index (χ2v) is 5.29. The van der Waals surface area contributed by atoms with Crippen molar-refractivity contribution in [1.29, 1.82) is 0 Å². The number of hydrogen-bond acceptors (Lipinski definition) is 1. The van der Waals surface area contributed by atoms with Crippen LogP contribution in [-0.4, -0.2) is 5.11 Å². The summed E-state index contributed by atoms with van der Waals surface area (Å²) in [5.41, 5.74) is 4.42. The summed E-state index contributed by atoms with van der Waals surface area (Å²) in [6.07, 6.45) is 0.602. The largest absolute Gasteiger partial charge is 0.384 e. The highest BCUT2D eigenvalue weighted by Crippen LogP contribution is 2.25. The van der Waals surface area contributed by atoms with Crippen LogP contribution in [0.3, 0.4) is 0 Å². The Morgan fingerprint density at radius 1 is 0.947 bits per heavy atom. The van der Waals surface area contributed by atoms with Crippen LogP contribution in [0, 0.1) is 6.92 Å². The summed E-state index contributed by atoms with van der Waals surface area (Å²) in [4.78, 5) is 0. The van der Waals surface area contributed by atoms with Crippen molar-refractivity contribution in [2.45, 2.75) is 39.2 Å². The molecule has 0 radical (unpaired) electrons. The first-order chi connectivity index (χ1) is 9.11. The SMILES string of the molecule is CCC(C)c1ccc(C(O)c2cccc(C)c2)cc1. The van der Waals surface area contributed by atoms with Gasteiger partial charge in [0.25, 0.3) is 0 Å². The Kier molecular flexibility index (Phi) is 4.39. The third-order valence-electron chi connectivity index (χ3n) is 3.79. The van der Waals surface area contributed by atoms with Crippen molar-refractivity contribution in [2.24, 2.45) is 0 Å². The summed E-state index contributed by atoms with van der Waals surface area (Å²) in [6.45, 7) is 6.47. The summed E-state index contributed by atoms with van der Waals surface area (Å²) in [6, 6.07) is 16.4. The monoisotopic (exact) mass is 254 g/mol. The minimum absolute atomic E-state index is 0.536. The van der Waals surface area contributed by atoms with Crippen LogP contribution in [0.2, 0.25) is 0 Å². The Labute approximate surface area is 115 Å². The molecule has 0 spiro atoms. The number of benzene rings is 2. The lowest BCUT2D eigenvalue weighted by molar-refractivity contribution is 0.220. The summed E-state index contributed by atoms with van der Waals surface area (Å²) < 4.78 is 0. The molecule has 1 nitrogen and oxygen atoms in total. The van der Waals surface area contributed by atoms with E-state index in [1.165, 1.54) is 11.1 Å². The van der Waals surface area contributed by atoms with Crippen LogP contribution in [0.4, 0.5) is 0 Å². The second kappa shape index (κ2) is 6.03. The molecule has 1 N–H and O–H groups in total. The van der Waals surface area contributed by atoms with Crippen molar-refractivity contribution in [3.05, 3.63) is 70.8 Å². The maximum atomic E-state index is 10.4. The number of aryl methyl sites for hydroxylation is 1. The van der Waals surface area contributed by atoms with Gasteiger partial charge in [-0.25, -0.2) is 0 Å². The minimum Gasteiger partial charge on any atom is -0.384 e. The molecule has 0 aliphatic carbocycles. The van der Waals surface area contributed by atoms with Gasteiger partial charge in [0.2, 0.25) is 0 Å². The molecule has 0 amide bonds. The van der Waals surface area contributed by atoms with Crippen molar-refractivity contribution in [1.82, 2.24) is 0 Å². The van der Waals surface area contributed by atoms with E-state index in [1.54, 1.807) is 0 Å². The number of rotatable bonds is 4. The Morgan fingerprint density at radius 3 is 2.16 bits per heavy atom. The third-order valence-corrected chi connectivity index (χ3v) is 3.79. The molecule has 0 aromatic heterocycles. The molecule has 0 bridgehead atoms. The summed E-state index contributed by atoms with van der Waals surface area (Å²) in [5, 5.41) is 10.4. The maximum Gasteiger partial charge on any atom is 0.104 e. The van der Waals surface area contributed by atoms with Gasteiger partial charge in [0.1, 0.15) is 6.10 Å². The van der Waals surface area contributed by atoms with Gasteiger partial charge in [0.05, 0.1) is 0 Å². The van der Waals surface area contributed by atoms with Gasteiger partial charge < -0.3 is 5.11 Å². The van der Waals surface area contributed by atoms with Gasteiger partial charge in [0.15, 0.2) is 0 Å². The van der Waals surface area contributed by atoms with E-state index >= 15 is 0 Å². The Balaban J connectivity index is 2.22. The average Bonchev–Trinajstić information content (AvgIpc) is 2.46. The molecule has 0 aliphatic rings. The van der Waals surface area contributed by atoms with Gasteiger partial charge in [-0.1, -0.05) is 67.9 Å². The highest BCUT2D eigenvalue weighted by atomic mass is 16.3. The molecule has 0 saturated heterocycles. The van der Waals surface area contributed by atoms with Crippen molar-refractivity contribution < 1.29 is 5.11 Å². The van der Waals surface area contributed by atoms with E-state index in [2.05, 4.69) is 26.0 Å². The average molecular weight is 254 g/mol. The molecule has 1 heteroatoms. The molecule has 19 heavy (non-hydrogen) atoms. The minimum atomic E-state index is -0.536. The molecule has 0 saturated carbocycles. The lowest BCUT2D eigenvalue weighted by Crippen LogP contribution is -2.00. The van der Waals surface area contributed by atoms with Gasteiger partial charge >= 0.3 is 0 Å². The fourth-order valence-corrected chi connectivity index (χ4v) is 2.28. The van der Waals surface area contributed by atoms with Crippen molar-refractivity contribution in [2.75, 3.05) is 0 Å². The van der Waals surface area contributed by atoms with E-state index in [0.29, 0.717) is 5.92 Å². The molecular weight excluding hydrogens is 232 g/mol. The van der Waals surface area contributed by atoms with E-state index in [9.17, 15) is 5.11 Å². The lowest BCUT2D eigenvalue weighted by Gasteiger charge is -2.14. The standard InChI is InChI=1S/C18H22O/c1-4-14(3)15-8-10-16(11-9-15)18(19)17-7-5-6-13(2)12-17/h5-12,14,18-19H,4H2,1-3H3. The maximum absolute atomic E-state index is 10.4. The predicted octanol–water partition coefficient (Wildman–Crippen LogP) is 4.59. The van der Waals surface area contributed by atoms with Crippen LogP contribution in [0.5, 0.6) is 0 Å². The highest BCUT2D eigenvalue weighted by Gasteiger charge is 2.11. The van der Waals surface area contributed by atoms with Crippen LogP contribution < -0.4 is 0 Å². The van der Waals surface area contributed by atoms with Crippen LogP contribution in [0.1, 0.15) is 54.5 Å². The van der Waals surface area contributed by atoms with E-state index in [-0.39, 0.29) is 0 Å². The lowest BCUT2D eigenvalue weighted by atomic mass is 9.94. The van der Waals surface area contributed by atoms with Crippen LogP contribution in [0.15, 0.2) is 48.5 Å². The van der Waals surface area contributed by atoms with Crippen LogP contribution >= 0.6 is 0 Å². The zero-order valence-corrected chi connectivity index (χ0v) is 11.9. The van der Waals surface area contributed by atoms with Gasteiger partial charge in [-0.05, 0) is 36.0 Å². The molecule has 0 fully saturated rings. The summed E-state index contributed by atoms with van der Waals surface area (Å²) in [7, 11) is 0. The third kappa shape index (κ3) is 3.24. The molecule has 2 aromatic rings. The fourth-order valence-electron chi connectivity index (χ4n) is 2.28. The first-order valence-electron chi connectivity index (χ1n) is 6.96. The van der Waals surface area contributed by atoms with Gasteiger partial charge in [-0.2, -0.15) is 0 Å². The fraction of sp³-hybridized carbons (Fsp3) is 0.333. The summed E-state index contributed by atoms with van der Waals surface area (Å²) in [5.74, 6) is 0.574. The highest BCUT2D eigenvalue weighted by molar-refractivity contribution is 5.34. The van der Waals surface area contributed by atoms with Crippen LogP contribution in [-0.2, 0) is 0 Å². The zero-order chi connectivity index (χ0) is 13.8. The molecule has 0 aliphatic heterocycles. The second-order valence-electron chi connectivity index (χ2n) is 5.29. The molecular formula is C18H22O. The van der Waals surface area contributed by atoms with Crippen molar-refractivity contribution in [3.63, 3.8) is 0 Å². The zero-order valence-electron chi connectivity index (χ0n) is 11.9. The quantitative estimate of drug-likeness (QED) is 0.846. The molecule has 2 aromatic carbocycles. The van der Waals surface area contributed by atoms with Gasteiger partial charge in [0, 0.05) is 0 Å². The van der Waals surface area contributed by atoms with E-state index in [0.717, 1.165) is 17.5 Å². The van der Waals surface area contributed by atoms with E-state index in [4.69, 9.17) is 0 Å². The Morgan fingerprint density at radius 2 is 1.58 bits per heavy atom. The number of hydrogen-bond donors (Lipinski definition) is 1. The first-order valence-corrected chi connectivity index (χ1v) is 6.96. The van der Waals surface area contributed by atoms with Gasteiger partial charge in [-0.3, -0.25) is 0 Å². The molecule has 2 unspecified atom stereocenters. The normalized spacial score (nSPS) is 14.1. The number of aliphatic hydroxyl groups is 1. The number of aliphatic hydroxyl groups excluding tert-OH is 1. The first kappa shape index (κ1) is 13.8. The summed E-state index contributed by atoms with van der Waals surface area (Å²) >= 11 is 0. The molecule has 0 heterocycles. The van der Waals surface area contributed by atoms with E-state index < -0.39 is 6.10 Å². The Bertz CT molecular complexity index is 528. The molecule has 2 rings (SSSR count). The molecule has 2 atom stereocenters. The van der Waals surface area contributed by atoms with Crippen molar-refractivity contribution >= 4 is 0 Å². The smallest absolute Gasteiger partial charge is 0.104 e. The Hall–Kier alpha value is -1.60. The van der Waals surface area contributed by atoms with Crippen molar-refractivity contribution in [3.8, 4) is 0 Å². The molecule has 100 valence electrons. The predicted molar refractivity (Wildman–Crippen MR) is 80.4 cm³/mol. The van der Waals surface area contributed by atoms with Crippen LogP contribution in [0.25, 0.3) is 0 Å². The topological polar surface area (TPSA) is 20.2 Å².